The van der Waals surface area contributed by atoms with Crippen LogP contribution in [-0.2, 0) is 22.8 Å². The molecule has 2 aromatic carbocycles. The van der Waals surface area contributed by atoms with Crippen LogP contribution in [0.3, 0.4) is 0 Å². The summed E-state index contributed by atoms with van der Waals surface area (Å²) in [4.78, 5) is 6.46. The van der Waals surface area contributed by atoms with Crippen molar-refractivity contribution in [3.63, 3.8) is 0 Å². The van der Waals surface area contributed by atoms with Crippen LogP contribution < -0.4 is 10.1 Å². The molecule has 0 aliphatic heterocycles. The number of aliphatic imine (C=N–C) groups is 1. The Morgan fingerprint density at radius 3 is 2.21 bits per heavy atom. The Bertz CT molecular complexity index is 915. The van der Waals surface area contributed by atoms with E-state index in [4.69, 9.17) is 0 Å². The molecule has 1 N–H and O–H groups in total. The van der Waals surface area contributed by atoms with E-state index in [2.05, 4.69) is 15.0 Å². The first-order valence-corrected chi connectivity index (χ1v) is 10.8. The van der Waals surface area contributed by atoms with Crippen LogP contribution in [0.15, 0.2) is 58.4 Å². The maximum Gasteiger partial charge on any atom is 0.387 e. The highest BCUT2D eigenvalue weighted by atomic mass is 32.2. The lowest BCUT2D eigenvalue weighted by Gasteiger charge is -2.22. The summed E-state index contributed by atoms with van der Waals surface area (Å²) in [6, 6.07) is 13.3. The van der Waals surface area contributed by atoms with E-state index in [1.54, 1.807) is 43.4 Å². The minimum absolute atomic E-state index is 0.121. The molecule has 2 rings (SSSR count). The van der Waals surface area contributed by atoms with Gasteiger partial charge in [0.05, 0.1) is 4.90 Å². The summed E-state index contributed by atoms with van der Waals surface area (Å²) in [6.07, 6.45) is 1.89. The van der Waals surface area contributed by atoms with Crippen LogP contribution in [0.1, 0.15) is 11.1 Å². The van der Waals surface area contributed by atoms with Gasteiger partial charge in [0.2, 0.25) is 0 Å². The predicted octanol–water partition coefficient (Wildman–Crippen LogP) is 2.94. The number of ether oxygens (including phenoxy) is 1. The molecule has 0 amide bonds. The summed E-state index contributed by atoms with van der Waals surface area (Å²) in [6.45, 7) is -1.68. The number of nitrogens with zero attached hydrogens (tertiary/aromatic N) is 2. The van der Waals surface area contributed by atoms with Gasteiger partial charge in [0.1, 0.15) is 5.75 Å². The number of sulfone groups is 1. The molecule has 0 heterocycles. The second-order valence-electron chi connectivity index (χ2n) is 6.52. The van der Waals surface area contributed by atoms with Crippen molar-refractivity contribution in [1.29, 1.82) is 0 Å². The fourth-order valence-corrected chi connectivity index (χ4v) is 3.36. The largest absolute Gasteiger partial charge is 0.435 e. The minimum atomic E-state index is -3.19. The van der Waals surface area contributed by atoms with Crippen molar-refractivity contribution in [3.05, 3.63) is 59.7 Å². The number of halogens is 2. The van der Waals surface area contributed by atoms with Gasteiger partial charge in [-0.15, -0.1) is 0 Å². The molecular weight excluding hydrogens is 400 g/mol. The zero-order valence-electron chi connectivity index (χ0n) is 16.6. The minimum Gasteiger partial charge on any atom is -0.435 e. The molecular formula is C20H25F2N3O3S. The summed E-state index contributed by atoms with van der Waals surface area (Å²) >= 11 is 0. The van der Waals surface area contributed by atoms with Gasteiger partial charge in [-0.3, -0.25) is 4.99 Å². The van der Waals surface area contributed by atoms with Gasteiger partial charge in [-0.1, -0.05) is 24.3 Å². The molecule has 0 bridgehead atoms. The van der Waals surface area contributed by atoms with Crippen LogP contribution in [0.4, 0.5) is 8.78 Å². The quantitative estimate of drug-likeness (QED) is 0.520. The first-order chi connectivity index (χ1) is 13.7. The maximum absolute atomic E-state index is 12.2. The van der Waals surface area contributed by atoms with Gasteiger partial charge in [-0.05, 0) is 41.8 Å². The molecule has 0 saturated heterocycles. The van der Waals surface area contributed by atoms with E-state index in [9.17, 15) is 17.2 Å². The van der Waals surface area contributed by atoms with Crippen LogP contribution in [0, 0.1) is 0 Å². The molecule has 2 aromatic rings. The first-order valence-electron chi connectivity index (χ1n) is 8.93. The van der Waals surface area contributed by atoms with Gasteiger partial charge in [0.25, 0.3) is 0 Å². The van der Waals surface area contributed by atoms with Crippen molar-refractivity contribution < 1.29 is 21.9 Å². The third-order valence-electron chi connectivity index (χ3n) is 4.19. The molecule has 158 valence electrons. The lowest BCUT2D eigenvalue weighted by atomic mass is 10.1. The fourth-order valence-electron chi connectivity index (χ4n) is 2.73. The van der Waals surface area contributed by atoms with Gasteiger partial charge < -0.3 is 15.0 Å². The van der Waals surface area contributed by atoms with Crippen LogP contribution in [0.5, 0.6) is 5.75 Å². The predicted molar refractivity (Wildman–Crippen MR) is 109 cm³/mol. The number of guanidine groups is 1. The molecule has 0 saturated carbocycles. The number of alkyl halides is 2. The average molecular weight is 426 g/mol. The second kappa shape index (κ2) is 10.2. The van der Waals surface area contributed by atoms with Crippen molar-refractivity contribution in [2.24, 2.45) is 4.99 Å². The van der Waals surface area contributed by atoms with E-state index in [0.717, 1.165) is 11.1 Å². The Kier molecular flexibility index (Phi) is 7.95. The monoisotopic (exact) mass is 425 g/mol. The van der Waals surface area contributed by atoms with Crippen LogP contribution in [-0.4, -0.2) is 52.8 Å². The Balaban J connectivity index is 1.86. The molecule has 29 heavy (non-hydrogen) atoms. The van der Waals surface area contributed by atoms with E-state index in [1.165, 1.54) is 18.4 Å². The van der Waals surface area contributed by atoms with Crippen LogP contribution >= 0.6 is 0 Å². The molecule has 0 aromatic heterocycles. The highest BCUT2D eigenvalue weighted by molar-refractivity contribution is 7.90. The van der Waals surface area contributed by atoms with Gasteiger partial charge in [-0.25, -0.2) is 8.42 Å². The highest BCUT2D eigenvalue weighted by Gasteiger charge is 2.09. The zero-order valence-corrected chi connectivity index (χ0v) is 17.4. The lowest BCUT2D eigenvalue weighted by molar-refractivity contribution is -0.0498. The van der Waals surface area contributed by atoms with E-state index < -0.39 is 16.4 Å². The first kappa shape index (κ1) is 22.6. The average Bonchev–Trinajstić information content (AvgIpc) is 2.66. The zero-order chi connectivity index (χ0) is 21.4. The van der Waals surface area contributed by atoms with Crippen molar-refractivity contribution in [3.8, 4) is 5.75 Å². The number of hydrogen-bond donors (Lipinski definition) is 1. The van der Waals surface area contributed by atoms with Crippen molar-refractivity contribution >= 4 is 15.8 Å². The molecule has 0 radical (unpaired) electrons. The second-order valence-corrected chi connectivity index (χ2v) is 8.53. The van der Waals surface area contributed by atoms with E-state index in [-0.39, 0.29) is 5.75 Å². The smallest absolute Gasteiger partial charge is 0.387 e. The normalized spacial score (nSPS) is 12.1. The van der Waals surface area contributed by atoms with Crippen molar-refractivity contribution in [1.82, 2.24) is 10.2 Å². The van der Waals surface area contributed by atoms with Gasteiger partial charge in [0.15, 0.2) is 15.8 Å². The topological polar surface area (TPSA) is 71.0 Å². The van der Waals surface area contributed by atoms with Gasteiger partial charge >= 0.3 is 6.61 Å². The molecule has 0 atom stereocenters. The lowest BCUT2D eigenvalue weighted by Crippen LogP contribution is -2.39. The van der Waals surface area contributed by atoms with Crippen molar-refractivity contribution in [2.45, 2.75) is 24.5 Å². The van der Waals surface area contributed by atoms with E-state index in [1.807, 2.05) is 11.9 Å². The SMILES string of the molecule is CN=C(NCCc1ccc(S(C)(=O)=O)cc1)N(C)Cc1ccc(OC(F)F)cc1. The van der Waals surface area contributed by atoms with E-state index in [0.29, 0.717) is 30.4 Å². The molecule has 0 unspecified atom stereocenters. The number of hydrogen-bond acceptors (Lipinski definition) is 4. The van der Waals surface area contributed by atoms with Gasteiger partial charge in [0, 0.05) is 33.4 Å². The molecule has 0 aliphatic rings. The Labute approximate surface area is 170 Å². The van der Waals surface area contributed by atoms with E-state index >= 15 is 0 Å². The maximum atomic E-state index is 12.2. The fraction of sp³-hybridized carbons (Fsp3) is 0.350. The van der Waals surface area contributed by atoms with Gasteiger partial charge in [-0.2, -0.15) is 8.78 Å². The Morgan fingerprint density at radius 1 is 1.10 bits per heavy atom. The van der Waals surface area contributed by atoms with Crippen LogP contribution in [0.2, 0.25) is 0 Å². The number of nitrogens with one attached hydrogen (secondary N) is 1. The number of benzene rings is 2. The molecule has 0 fully saturated rings. The number of rotatable bonds is 8. The summed E-state index contributed by atoms with van der Waals surface area (Å²) in [7, 11) is 0.361. The third kappa shape index (κ3) is 7.34. The summed E-state index contributed by atoms with van der Waals surface area (Å²) in [5.41, 5.74) is 1.94. The Morgan fingerprint density at radius 2 is 1.69 bits per heavy atom. The molecule has 0 aliphatic carbocycles. The molecule has 0 spiro atoms. The Hall–Kier alpha value is -2.68. The standard InChI is InChI=1S/C20H25F2N3O3S/c1-23-20(24-13-12-15-6-10-18(11-7-15)29(3,26)27)25(2)14-16-4-8-17(9-5-16)28-19(21)22/h4-11,19H,12-14H2,1-3H3,(H,23,24). The summed E-state index contributed by atoms with van der Waals surface area (Å²) in [5, 5.41) is 3.25. The third-order valence-corrected chi connectivity index (χ3v) is 5.32. The highest BCUT2D eigenvalue weighted by Crippen LogP contribution is 2.16. The van der Waals surface area contributed by atoms with Crippen LogP contribution in [0.25, 0.3) is 0 Å². The molecule has 9 heteroatoms. The summed E-state index contributed by atoms with van der Waals surface area (Å²) < 4.78 is 51.8. The summed E-state index contributed by atoms with van der Waals surface area (Å²) in [5.74, 6) is 0.807. The van der Waals surface area contributed by atoms with Crippen molar-refractivity contribution in [2.75, 3.05) is 26.9 Å². The molecule has 6 nitrogen and oxygen atoms in total.